The van der Waals surface area contributed by atoms with Crippen molar-refractivity contribution >= 4 is 43.2 Å². The van der Waals surface area contributed by atoms with E-state index in [1.165, 1.54) is 17.2 Å². The number of hydrogen-bond donors (Lipinski definition) is 4. The summed E-state index contributed by atoms with van der Waals surface area (Å²) in [6, 6.07) is 11.5. The van der Waals surface area contributed by atoms with E-state index in [2.05, 4.69) is 74.7 Å². The van der Waals surface area contributed by atoms with Gasteiger partial charge in [-0.15, -0.1) is 0 Å². The molecule has 1 fully saturated rings. The topological polar surface area (TPSA) is 191 Å². The van der Waals surface area contributed by atoms with Gasteiger partial charge in [-0.3, -0.25) is 4.90 Å². The van der Waals surface area contributed by atoms with Crippen molar-refractivity contribution in [1.82, 2.24) is 15.0 Å². The van der Waals surface area contributed by atoms with Gasteiger partial charge in [0.1, 0.15) is 11.6 Å². The first-order valence-electron chi connectivity index (χ1n) is 18.0. The minimum absolute atomic E-state index is 0.231. The second-order valence-corrected chi connectivity index (χ2v) is 19.8. The Morgan fingerprint density at radius 2 is 1.28 bits per heavy atom. The molecule has 0 atom stereocenters. The average molecular weight is 770 g/mol. The number of aromatic nitrogens is 1. The van der Waals surface area contributed by atoms with Crippen LogP contribution in [-0.2, 0) is 32.3 Å². The van der Waals surface area contributed by atoms with E-state index in [9.17, 15) is 23.6 Å². The Labute approximate surface area is 315 Å². The van der Waals surface area contributed by atoms with Crippen LogP contribution in [0.3, 0.4) is 0 Å². The highest BCUT2D eigenvalue weighted by molar-refractivity contribution is 6.78. The molecule has 2 aromatic carbocycles. The first kappa shape index (κ1) is 43.5. The molecule has 15 heteroatoms. The summed E-state index contributed by atoms with van der Waals surface area (Å²) in [5.41, 5.74) is 6.17. The second kappa shape index (κ2) is 20.0. The maximum atomic E-state index is 13.8. The lowest BCUT2D eigenvalue weighted by Crippen LogP contribution is -2.50. The molecule has 54 heavy (non-hydrogen) atoms. The summed E-state index contributed by atoms with van der Waals surface area (Å²) in [7, 11) is -1.95. The van der Waals surface area contributed by atoms with Gasteiger partial charge >= 0.3 is 23.9 Å². The Morgan fingerprint density at radius 3 is 1.78 bits per heavy atom. The second-order valence-electron chi connectivity index (χ2n) is 14.4. The number of piperidine rings is 1. The van der Waals surface area contributed by atoms with Crippen LogP contribution in [0.1, 0.15) is 77.1 Å². The van der Waals surface area contributed by atoms with Gasteiger partial charge in [-0.05, 0) is 84.0 Å². The number of rotatable bonds is 13. The van der Waals surface area contributed by atoms with Gasteiger partial charge in [0, 0.05) is 61.8 Å². The molecule has 0 aliphatic carbocycles. The number of aliphatic carboxylic acids is 4. The molecule has 3 aromatic rings. The highest BCUT2D eigenvalue weighted by Crippen LogP contribution is 2.43. The first-order chi connectivity index (χ1) is 25.4. The van der Waals surface area contributed by atoms with Crippen LogP contribution >= 0.6 is 0 Å². The van der Waals surface area contributed by atoms with Crippen molar-refractivity contribution in [3.05, 3.63) is 83.3 Å². The zero-order valence-corrected chi connectivity index (χ0v) is 32.7. The van der Waals surface area contributed by atoms with E-state index in [0.717, 1.165) is 68.9 Å². The molecule has 4 N–H and O–H groups in total. The Morgan fingerprint density at radius 1 is 0.778 bits per heavy atom. The van der Waals surface area contributed by atoms with Crippen molar-refractivity contribution in [2.75, 3.05) is 26.2 Å². The maximum Gasteiger partial charge on any atom is 0.328 e. The van der Waals surface area contributed by atoms with Crippen LogP contribution in [0.15, 0.2) is 65.2 Å². The van der Waals surface area contributed by atoms with E-state index >= 15 is 0 Å². The van der Waals surface area contributed by atoms with Gasteiger partial charge in [-0.2, -0.15) is 0 Å². The Kier molecular flexibility index (Phi) is 16.1. The summed E-state index contributed by atoms with van der Waals surface area (Å²) in [5, 5.41) is 36.4. The molecule has 294 valence electrons. The lowest BCUT2D eigenvalue weighted by Gasteiger charge is -2.42. The van der Waals surface area contributed by atoms with Crippen molar-refractivity contribution in [2.24, 2.45) is 0 Å². The van der Waals surface area contributed by atoms with Gasteiger partial charge in [0.25, 0.3) is 8.32 Å². The van der Waals surface area contributed by atoms with Crippen molar-refractivity contribution in [3.8, 4) is 5.75 Å². The number of nitrogens with zero attached hydrogens (tertiary/aromatic N) is 3. The fourth-order valence-electron chi connectivity index (χ4n) is 7.44. The normalized spacial score (nSPS) is 15.4. The van der Waals surface area contributed by atoms with E-state index in [1.807, 2.05) is 0 Å². The summed E-state index contributed by atoms with van der Waals surface area (Å²) in [5.74, 6) is -3.86. The quantitative estimate of drug-likeness (QED) is 0.101. The Hall–Kier alpha value is -4.86. The maximum absolute atomic E-state index is 13.8. The number of carboxylic acid groups (broad SMARTS) is 4. The SMILES string of the molecule is CC(C)[Si](Oc1ccc2c(c1)CN(CCN1CCC(c3noc4ccc(F)cc34)CC1)C2)(C(C)C)C(C)C.O=C(O)/C=C/C(=O)O.O=C(O)/C=C/C(=O)O. The van der Waals surface area contributed by atoms with E-state index in [4.69, 9.17) is 29.4 Å². The molecular weight excluding hydrogens is 718 g/mol. The highest BCUT2D eigenvalue weighted by atomic mass is 28.4. The zero-order valence-electron chi connectivity index (χ0n) is 31.7. The van der Waals surface area contributed by atoms with Crippen LogP contribution in [0, 0.1) is 5.82 Å². The predicted octanol–water partition coefficient (Wildman–Crippen LogP) is 7.14. The first-order valence-corrected chi connectivity index (χ1v) is 20.1. The van der Waals surface area contributed by atoms with Gasteiger partial charge in [-0.25, -0.2) is 23.6 Å². The summed E-state index contributed by atoms with van der Waals surface area (Å²) < 4.78 is 26.2. The molecule has 1 saturated heterocycles. The van der Waals surface area contributed by atoms with Crippen LogP contribution in [0.5, 0.6) is 5.75 Å². The highest BCUT2D eigenvalue weighted by Gasteiger charge is 2.47. The minimum Gasteiger partial charge on any atom is -0.543 e. The monoisotopic (exact) mass is 769 g/mol. The largest absolute Gasteiger partial charge is 0.543 e. The van der Waals surface area contributed by atoms with E-state index in [-0.39, 0.29) is 5.82 Å². The van der Waals surface area contributed by atoms with Gasteiger partial charge in [0.2, 0.25) is 0 Å². The molecule has 5 rings (SSSR count). The van der Waals surface area contributed by atoms with E-state index in [0.29, 0.717) is 52.4 Å². The van der Waals surface area contributed by atoms with Crippen molar-refractivity contribution in [2.45, 2.75) is 90.0 Å². The number of carboxylic acids is 4. The number of fused-ring (bicyclic) bond motifs is 2. The van der Waals surface area contributed by atoms with Crippen molar-refractivity contribution in [3.63, 3.8) is 0 Å². The molecule has 3 heterocycles. The average Bonchev–Trinajstić information content (AvgIpc) is 3.71. The van der Waals surface area contributed by atoms with Crippen LogP contribution in [0.2, 0.25) is 16.6 Å². The third-order valence-electron chi connectivity index (χ3n) is 9.87. The molecule has 0 saturated carbocycles. The van der Waals surface area contributed by atoms with E-state index in [1.54, 1.807) is 12.1 Å². The summed E-state index contributed by atoms with van der Waals surface area (Å²) in [6.07, 6.45) is 4.30. The third-order valence-corrected chi connectivity index (χ3v) is 15.9. The molecule has 1 aromatic heterocycles. The van der Waals surface area contributed by atoms with Crippen LogP contribution < -0.4 is 4.43 Å². The van der Waals surface area contributed by atoms with Crippen molar-refractivity contribution in [1.29, 1.82) is 0 Å². The number of carbonyl (C=O) groups is 4. The molecule has 0 radical (unpaired) electrons. The van der Waals surface area contributed by atoms with Crippen LogP contribution in [0.4, 0.5) is 4.39 Å². The van der Waals surface area contributed by atoms with Gasteiger partial charge in [0.05, 0.1) is 5.69 Å². The zero-order chi connectivity index (χ0) is 40.2. The minimum atomic E-state index is -1.95. The molecule has 2 aliphatic heterocycles. The standard InChI is InChI=1S/C31H44FN3O2Si.2C4H4O4/c1-21(2)38(22(3)4,23(5)6)37-28-9-7-25-19-35(20-26(25)17-28)16-15-34-13-11-24(12-14-34)31-29-18-27(32)8-10-30(29)36-33-31;2*5-3(6)1-2-4(7)8/h7-10,17-18,21-24H,11-16,19-20H2,1-6H3;2*1-2H,(H,5,6)(H,7,8)/b;2*2-1+. The fraction of sp³-hybridized carbons (Fsp3) is 0.462. The Bertz CT molecular complexity index is 1730. The number of benzene rings is 2. The van der Waals surface area contributed by atoms with Gasteiger partial charge < -0.3 is 34.3 Å². The predicted molar refractivity (Wildman–Crippen MR) is 203 cm³/mol. The van der Waals surface area contributed by atoms with Crippen LogP contribution in [-0.4, -0.2) is 93.8 Å². The third kappa shape index (κ3) is 12.3. The number of likely N-dealkylation sites (tertiary alicyclic amines) is 1. The van der Waals surface area contributed by atoms with Crippen molar-refractivity contribution < 1.29 is 52.9 Å². The molecule has 0 bridgehead atoms. The summed E-state index contributed by atoms with van der Waals surface area (Å²) >= 11 is 0. The smallest absolute Gasteiger partial charge is 0.328 e. The molecule has 0 unspecified atom stereocenters. The van der Waals surface area contributed by atoms with Crippen LogP contribution in [0.25, 0.3) is 11.0 Å². The molecule has 0 spiro atoms. The summed E-state index contributed by atoms with van der Waals surface area (Å²) in [6.45, 7) is 20.3. The van der Waals surface area contributed by atoms with E-state index < -0.39 is 32.2 Å². The lowest BCUT2D eigenvalue weighted by atomic mass is 9.91. The van der Waals surface area contributed by atoms with Gasteiger partial charge in [0.15, 0.2) is 5.58 Å². The molecule has 0 amide bonds. The molecule has 2 aliphatic rings. The lowest BCUT2D eigenvalue weighted by molar-refractivity contribution is -0.134. The number of hydrogen-bond acceptors (Lipinski definition) is 9. The molecular formula is C39H52FN3O10Si. The van der Waals surface area contributed by atoms with Gasteiger partial charge in [-0.1, -0.05) is 52.8 Å². The molecule has 13 nitrogen and oxygen atoms in total. The Balaban J connectivity index is 0.000000410. The summed E-state index contributed by atoms with van der Waals surface area (Å²) in [4.78, 5) is 43.3. The number of halogens is 1. The fourth-order valence-corrected chi connectivity index (χ4v) is 12.7.